The Morgan fingerprint density at radius 2 is 0.849 bits per heavy atom. The van der Waals surface area contributed by atoms with Crippen LogP contribution in [0.15, 0.2) is 34.3 Å². The number of ether oxygens (including phenoxy) is 7. The average molecular weight is 1030 g/mol. The van der Waals surface area contributed by atoms with Crippen molar-refractivity contribution in [2.24, 2.45) is 9.98 Å². The fraction of sp³-hybridized carbons (Fsp3) is 0.712. The minimum Gasteiger partial charge on any atom is -0.494 e. The molecule has 0 aliphatic heterocycles. The minimum atomic E-state index is -1.02. The third-order valence-corrected chi connectivity index (χ3v) is 8.66. The lowest BCUT2D eigenvalue weighted by atomic mass is 10.1. The summed E-state index contributed by atoms with van der Waals surface area (Å²) >= 11 is 0. The van der Waals surface area contributed by atoms with E-state index >= 15 is 0 Å². The molecular weight excluding hydrogens is 945 g/mol. The summed E-state index contributed by atoms with van der Waals surface area (Å²) in [5, 5.41) is 15.6. The Kier molecular flexibility index (Phi) is 25.7. The SMILES string of the molecule is CC(C)(C)OC(=O)N=C(N(CCCCCCCCN=C(NC(=O)OC(C)(C)C)NC(=O)OC(C)(C)C)C(=O)OC(C)(C)C)N(CCCCCOc1ccc(C(=N)NC(=O)OC(C)(C)C)cc1)C(=O)OC(C)(C)C. The zero-order valence-electron chi connectivity index (χ0n) is 47.1. The van der Waals surface area contributed by atoms with E-state index in [0.29, 0.717) is 56.4 Å². The molecule has 1 rings (SSSR count). The van der Waals surface area contributed by atoms with E-state index in [1.165, 1.54) is 9.80 Å². The second kappa shape index (κ2) is 28.9. The number of rotatable bonds is 17. The van der Waals surface area contributed by atoms with Crippen LogP contribution >= 0.6 is 0 Å². The van der Waals surface area contributed by atoms with E-state index in [2.05, 4.69) is 25.9 Å². The number of carbonyl (C=O) groups excluding carboxylic acids is 6. The number of benzene rings is 1. The molecule has 0 heterocycles. The maximum Gasteiger partial charge on any atom is 0.437 e. The minimum absolute atomic E-state index is 0.00207. The number of amides is 6. The number of aliphatic imine (C=N–C) groups is 2. The van der Waals surface area contributed by atoms with E-state index in [0.717, 1.165) is 19.3 Å². The molecule has 6 amide bonds. The molecule has 0 radical (unpaired) electrons. The first-order valence-electron chi connectivity index (χ1n) is 25.0. The predicted molar refractivity (Wildman–Crippen MR) is 280 cm³/mol. The summed E-state index contributed by atoms with van der Waals surface area (Å²) in [6.45, 7) is 31.4. The second-order valence-electron chi connectivity index (χ2n) is 23.2. The van der Waals surface area contributed by atoms with Gasteiger partial charge < -0.3 is 33.2 Å². The van der Waals surface area contributed by atoms with Gasteiger partial charge in [0.25, 0.3) is 0 Å². The lowest BCUT2D eigenvalue weighted by Gasteiger charge is -2.34. The molecule has 0 aliphatic rings. The van der Waals surface area contributed by atoms with Crippen molar-refractivity contribution in [2.45, 2.75) is 216 Å². The Balaban J connectivity index is 3.23. The molecule has 0 atom stereocenters. The number of hydrogen-bond acceptors (Lipinski definition) is 15. The molecule has 0 aromatic heterocycles. The Bertz CT molecular complexity index is 2000. The van der Waals surface area contributed by atoms with Crippen LogP contribution in [0.2, 0.25) is 0 Å². The van der Waals surface area contributed by atoms with Gasteiger partial charge in [-0.3, -0.25) is 26.4 Å². The van der Waals surface area contributed by atoms with Gasteiger partial charge in [0.15, 0.2) is 0 Å². The number of hydrogen-bond donors (Lipinski definition) is 4. The zero-order chi connectivity index (χ0) is 56.0. The van der Waals surface area contributed by atoms with Gasteiger partial charge >= 0.3 is 36.6 Å². The first-order chi connectivity index (χ1) is 33.3. The van der Waals surface area contributed by atoms with Gasteiger partial charge in [0.2, 0.25) is 11.9 Å². The summed E-state index contributed by atoms with van der Waals surface area (Å²) in [7, 11) is 0. The van der Waals surface area contributed by atoms with E-state index in [9.17, 15) is 28.8 Å². The quantitative estimate of drug-likeness (QED) is 0.0490. The molecular formula is C52H88N8O13. The molecule has 1 aromatic carbocycles. The molecule has 0 spiro atoms. The Hall–Kier alpha value is -6.15. The van der Waals surface area contributed by atoms with Crippen molar-refractivity contribution in [2.75, 3.05) is 26.2 Å². The third kappa shape index (κ3) is 32.5. The van der Waals surface area contributed by atoms with Gasteiger partial charge in [-0.15, -0.1) is 4.99 Å². The maximum absolute atomic E-state index is 14.1. The average Bonchev–Trinajstić information content (AvgIpc) is 3.16. The standard InChI is InChI=1S/C52H88N8O13/c1-47(2,3)68-41(61)55-38(53)36-28-30-37(31-29-36)67-35-27-23-26-34-60(46(66)73-52(16,17)18)40(58-44(64)71-50(10,11)12)59(45(65)72-51(13,14)15)33-25-22-20-19-21-24-32-54-39(56-42(62)69-48(4,5)6)57-43(63)70-49(7,8)9/h28-31H,19-27,32-35H2,1-18H3,(H2,53,55,61)(H2,54,56,57,62,63). The molecule has 21 heteroatoms. The second-order valence-corrected chi connectivity index (χ2v) is 23.2. The van der Waals surface area contributed by atoms with E-state index < -0.39 is 70.2 Å². The number of nitrogens with zero attached hydrogens (tertiary/aromatic N) is 4. The van der Waals surface area contributed by atoms with Crippen molar-refractivity contribution in [3.63, 3.8) is 0 Å². The molecule has 0 aliphatic carbocycles. The molecule has 0 fully saturated rings. The van der Waals surface area contributed by atoms with Crippen LogP contribution < -0.4 is 20.7 Å². The summed E-state index contributed by atoms with van der Waals surface area (Å²) < 4.78 is 39.0. The van der Waals surface area contributed by atoms with Gasteiger partial charge in [0, 0.05) is 25.2 Å². The molecule has 73 heavy (non-hydrogen) atoms. The molecule has 0 bridgehead atoms. The predicted octanol–water partition coefficient (Wildman–Crippen LogP) is 11.6. The number of unbranched alkanes of at least 4 members (excludes halogenated alkanes) is 7. The molecule has 1 aromatic rings. The lowest BCUT2D eigenvalue weighted by molar-refractivity contribution is 0.0269. The Labute approximate surface area is 434 Å². The van der Waals surface area contributed by atoms with Crippen LogP contribution in [0.4, 0.5) is 28.8 Å². The first kappa shape index (κ1) is 64.9. The van der Waals surface area contributed by atoms with Gasteiger partial charge in [0.1, 0.15) is 45.2 Å². The highest BCUT2D eigenvalue weighted by Gasteiger charge is 2.35. The summed E-state index contributed by atoms with van der Waals surface area (Å²) in [6, 6.07) is 6.67. The van der Waals surface area contributed by atoms with Crippen molar-refractivity contribution in [3.05, 3.63) is 29.8 Å². The van der Waals surface area contributed by atoms with E-state index in [1.54, 1.807) is 149 Å². The molecule has 0 saturated carbocycles. The monoisotopic (exact) mass is 1030 g/mol. The van der Waals surface area contributed by atoms with Crippen LogP contribution in [-0.4, -0.2) is 124 Å². The molecule has 0 saturated heterocycles. The van der Waals surface area contributed by atoms with Crippen molar-refractivity contribution in [1.82, 2.24) is 25.8 Å². The number of alkyl carbamates (subject to hydrolysis) is 3. The lowest BCUT2D eigenvalue weighted by Crippen LogP contribution is -2.53. The van der Waals surface area contributed by atoms with Crippen molar-refractivity contribution >= 4 is 54.3 Å². The number of carbonyl (C=O) groups is 6. The molecule has 21 nitrogen and oxygen atoms in total. The fourth-order valence-electron chi connectivity index (χ4n) is 5.94. The normalized spacial score (nSPS) is 12.3. The van der Waals surface area contributed by atoms with Crippen LogP contribution in [0.3, 0.4) is 0 Å². The summed E-state index contributed by atoms with van der Waals surface area (Å²) in [4.78, 5) is 89.7. The Morgan fingerprint density at radius 3 is 1.26 bits per heavy atom. The molecule has 0 unspecified atom stereocenters. The van der Waals surface area contributed by atoms with Crippen LogP contribution in [-0.2, 0) is 28.4 Å². The van der Waals surface area contributed by atoms with Crippen molar-refractivity contribution < 1.29 is 61.9 Å². The van der Waals surface area contributed by atoms with E-state index in [1.807, 2.05) is 0 Å². The maximum atomic E-state index is 14.1. The van der Waals surface area contributed by atoms with Crippen LogP contribution in [0, 0.1) is 5.41 Å². The van der Waals surface area contributed by atoms with Crippen LogP contribution in [0.1, 0.15) is 188 Å². The topological polar surface area (TPSA) is 258 Å². The highest BCUT2D eigenvalue weighted by atomic mass is 16.6. The summed E-state index contributed by atoms with van der Waals surface area (Å²) in [5.41, 5.74) is -4.64. The number of amidine groups is 1. The largest absolute Gasteiger partial charge is 0.494 e. The third-order valence-electron chi connectivity index (χ3n) is 8.66. The highest BCUT2D eigenvalue weighted by molar-refractivity contribution is 6.05. The zero-order valence-corrected chi connectivity index (χ0v) is 47.1. The summed E-state index contributed by atoms with van der Waals surface area (Å²) in [6.07, 6.45) is 0.538. The van der Waals surface area contributed by atoms with Gasteiger partial charge in [-0.05, 0) is 181 Å². The molecule has 414 valence electrons. The van der Waals surface area contributed by atoms with Gasteiger partial charge in [-0.2, -0.15) is 0 Å². The Morgan fingerprint density at radius 1 is 0.479 bits per heavy atom. The van der Waals surface area contributed by atoms with Crippen LogP contribution in [0.25, 0.3) is 0 Å². The van der Waals surface area contributed by atoms with Gasteiger partial charge in [-0.25, -0.2) is 38.6 Å². The van der Waals surface area contributed by atoms with E-state index in [-0.39, 0.29) is 37.4 Å². The van der Waals surface area contributed by atoms with Gasteiger partial charge in [0.05, 0.1) is 6.61 Å². The smallest absolute Gasteiger partial charge is 0.437 e. The molecule has 4 N–H and O–H groups in total. The van der Waals surface area contributed by atoms with Crippen molar-refractivity contribution in [3.8, 4) is 5.75 Å². The van der Waals surface area contributed by atoms with Crippen molar-refractivity contribution in [1.29, 1.82) is 5.41 Å². The number of guanidine groups is 2. The first-order valence-corrected chi connectivity index (χ1v) is 25.0. The van der Waals surface area contributed by atoms with E-state index in [4.69, 9.17) is 38.6 Å². The highest BCUT2D eigenvalue weighted by Crippen LogP contribution is 2.20. The summed E-state index contributed by atoms with van der Waals surface area (Å²) in [5.74, 6) is 0.0322. The van der Waals surface area contributed by atoms with Crippen LogP contribution in [0.5, 0.6) is 5.75 Å². The number of nitrogens with one attached hydrogen (secondary N) is 4. The fourth-order valence-corrected chi connectivity index (χ4v) is 5.94. The van der Waals surface area contributed by atoms with Gasteiger partial charge in [-0.1, -0.05) is 25.7 Å².